The smallest absolute Gasteiger partial charge is 0.265 e. The van der Waals surface area contributed by atoms with E-state index in [4.69, 9.17) is 9.47 Å². The van der Waals surface area contributed by atoms with Gasteiger partial charge >= 0.3 is 0 Å². The number of carbonyl (C=O) groups is 2. The number of amides is 2. The molecule has 0 unspecified atom stereocenters. The first kappa shape index (κ1) is 19.8. The van der Waals surface area contributed by atoms with E-state index < -0.39 is 6.10 Å². The normalized spacial score (nSPS) is 15.2. The van der Waals surface area contributed by atoms with Crippen molar-refractivity contribution in [2.75, 3.05) is 24.6 Å². The van der Waals surface area contributed by atoms with Gasteiger partial charge in [0.25, 0.3) is 11.8 Å². The second kappa shape index (κ2) is 8.86. The lowest BCUT2D eigenvalue weighted by atomic mass is 10.1. The highest BCUT2D eigenvalue weighted by molar-refractivity contribution is 5.98. The molecule has 0 fully saturated rings. The van der Waals surface area contributed by atoms with Crippen molar-refractivity contribution in [3.05, 3.63) is 66.7 Å². The van der Waals surface area contributed by atoms with Crippen molar-refractivity contribution in [1.29, 1.82) is 0 Å². The fourth-order valence-corrected chi connectivity index (χ4v) is 3.45. The third-order valence-corrected chi connectivity index (χ3v) is 5.00. The molecule has 0 saturated heterocycles. The van der Waals surface area contributed by atoms with Crippen molar-refractivity contribution in [2.24, 2.45) is 0 Å². The van der Waals surface area contributed by atoms with Gasteiger partial charge < -0.3 is 19.7 Å². The van der Waals surface area contributed by atoms with E-state index in [2.05, 4.69) is 5.32 Å². The molecular formula is C24H24N2O4. The molecule has 154 valence electrons. The fraction of sp³-hybridized carbons (Fsp3) is 0.250. The first-order valence-corrected chi connectivity index (χ1v) is 10.1. The minimum absolute atomic E-state index is 0.129. The number of hydrogen-bond acceptors (Lipinski definition) is 4. The molecule has 1 aliphatic rings. The summed E-state index contributed by atoms with van der Waals surface area (Å²) in [7, 11) is 0. The van der Waals surface area contributed by atoms with Crippen LogP contribution in [0.4, 0.5) is 5.69 Å². The molecule has 6 heteroatoms. The summed E-state index contributed by atoms with van der Waals surface area (Å²) in [6, 6.07) is 20.9. The van der Waals surface area contributed by atoms with E-state index >= 15 is 0 Å². The van der Waals surface area contributed by atoms with Crippen LogP contribution in [0.1, 0.15) is 13.3 Å². The predicted molar refractivity (Wildman–Crippen MR) is 116 cm³/mol. The van der Waals surface area contributed by atoms with E-state index in [1.54, 1.807) is 11.0 Å². The Labute approximate surface area is 175 Å². The number of nitrogens with zero attached hydrogens (tertiary/aromatic N) is 1. The van der Waals surface area contributed by atoms with Gasteiger partial charge in [0.2, 0.25) is 0 Å². The fourth-order valence-electron chi connectivity index (χ4n) is 3.45. The number of para-hydroxylation sites is 2. The van der Waals surface area contributed by atoms with Crippen LogP contribution in [0.25, 0.3) is 10.8 Å². The van der Waals surface area contributed by atoms with E-state index in [1.165, 1.54) is 0 Å². The second-order valence-corrected chi connectivity index (χ2v) is 7.17. The summed E-state index contributed by atoms with van der Waals surface area (Å²) in [5, 5.41) is 4.99. The third kappa shape index (κ3) is 4.22. The topological polar surface area (TPSA) is 67.9 Å². The Morgan fingerprint density at radius 3 is 2.67 bits per heavy atom. The van der Waals surface area contributed by atoms with Crippen molar-refractivity contribution >= 4 is 28.3 Å². The number of hydrogen-bond donors (Lipinski definition) is 1. The summed E-state index contributed by atoms with van der Waals surface area (Å²) in [4.78, 5) is 27.0. The summed E-state index contributed by atoms with van der Waals surface area (Å²) >= 11 is 0. The predicted octanol–water partition coefficient (Wildman–Crippen LogP) is 3.54. The first-order chi connectivity index (χ1) is 14.7. The Morgan fingerprint density at radius 1 is 1.07 bits per heavy atom. The number of rotatable bonds is 6. The van der Waals surface area contributed by atoms with Crippen LogP contribution in [0.5, 0.6) is 11.5 Å². The highest BCUT2D eigenvalue weighted by Gasteiger charge is 2.33. The number of carbonyl (C=O) groups excluding carboxylic acids is 2. The molecular weight excluding hydrogens is 380 g/mol. The molecule has 0 bridgehead atoms. The zero-order chi connectivity index (χ0) is 20.9. The minimum atomic E-state index is -0.754. The molecule has 1 aliphatic heterocycles. The van der Waals surface area contributed by atoms with Crippen molar-refractivity contribution in [3.8, 4) is 11.5 Å². The molecule has 2 amide bonds. The van der Waals surface area contributed by atoms with Crippen molar-refractivity contribution in [1.82, 2.24) is 5.32 Å². The van der Waals surface area contributed by atoms with Crippen LogP contribution in [0.3, 0.4) is 0 Å². The Morgan fingerprint density at radius 2 is 1.83 bits per heavy atom. The van der Waals surface area contributed by atoms with Gasteiger partial charge in [-0.15, -0.1) is 0 Å². The maximum Gasteiger partial charge on any atom is 0.265 e. The van der Waals surface area contributed by atoms with Crippen molar-refractivity contribution in [3.63, 3.8) is 0 Å². The molecule has 3 aromatic carbocycles. The van der Waals surface area contributed by atoms with Crippen LogP contribution < -0.4 is 19.7 Å². The van der Waals surface area contributed by atoms with E-state index in [9.17, 15) is 9.59 Å². The lowest BCUT2D eigenvalue weighted by molar-refractivity contribution is -0.128. The Kier molecular flexibility index (Phi) is 5.84. The van der Waals surface area contributed by atoms with E-state index in [0.717, 1.165) is 17.2 Å². The van der Waals surface area contributed by atoms with E-state index in [0.29, 0.717) is 23.7 Å². The number of ether oxygens (including phenoxy) is 2. The molecule has 0 aliphatic carbocycles. The molecule has 6 nitrogen and oxygen atoms in total. The first-order valence-electron chi connectivity index (χ1n) is 10.1. The average Bonchev–Trinajstić information content (AvgIpc) is 2.80. The van der Waals surface area contributed by atoms with Crippen LogP contribution >= 0.6 is 0 Å². The molecule has 0 radical (unpaired) electrons. The Balaban J connectivity index is 1.49. The largest absolute Gasteiger partial charge is 0.484 e. The monoisotopic (exact) mass is 404 g/mol. The zero-order valence-electron chi connectivity index (χ0n) is 16.8. The van der Waals surface area contributed by atoms with Gasteiger partial charge in [-0.1, -0.05) is 49.4 Å². The lowest BCUT2D eigenvalue weighted by Gasteiger charge is -2.34. The van der Waals surface area contributed by atoms with Gasteiger partial charge in [-0.05, 0) is 41.5 Å². The molecule has 30 heavy (non-hydrogen) atoms. The van der Waals surface area contributed by atoms with Crippen molar-refractivity contribution in [2.45, 2.75) is 19.4 Å². The molecule has 4 rings (SSSR count). The van der Waals surface area contributed by atoms with Gasteiger partial charge in [0, 0.05) is 6.54 Å². The number of nitrogens with one attached hydrogen (secondary N) is 1. The van der Waals surface area contributed by atoms with Gasteiger partial charge in [0.05, 0.1) is 12.2 Å². The van der Waals surface area contributed by atoms with Gasteiger partial charge in [-0.3, -0.25) is 9.59 Å². The van der Waals surface area contributed by atoms with Crippen LogP contribution in [0.2, 0.25) is 0 Å². The van der Waals surface area contributed by atoms with Gasteiger partial charge in [0.15, 0.2) is 12.7 Å². The number of benzene rings is 3. The Hall–Kier alpha value is -3.54. The van der Waals surface area contributed by atoms with Gasteiger partial charge in [-0.2, -0.15) is 0 Å². The molecule has 0 saturated carbocycles. The van der Waals surface area contributed by atoms with Gasteiger partial charge in [-0.25, -0.2) is 0 Å². The highest BCUT2D eigenvalue weighted by Crippen LogP contribution is 2.33. The standard InChI is InChI=1S/C24H24N2O4/c1-2-13-25-24(28)22-15-26(20-9-5-6-10-21(20)30-22)23(27)16-29-19-12-11-17-7-3-4-8-18(17)14-19/h3-12,14,22H,2,13,15-16H2,1H3,(H,25,28)/t22-/m1/s1. The van der Waals surface area contributed by atoms with E-state index in [-0.39, 0.29) is 25.0 Å². The van der Waals surface area contributed by atoms with Gasteiger partial charge in [0.1, 0.15) is 11.5 Å². The lowest BCUT2D eigenvalue weighted by Crippen LogP contribution is -2.51. The molecule has 1 atom stereocenters. The number of fused-ring (bicyclic) bond motifs is 2. The second-order valence-electron chi connectivity index (χ2n) is 7.17. The Bertz CT molecular complexity index is 1070. The summed E-state index contributed by atoms with van der Waals surface area (Å²) in [5.41, 5.74) is 0.643. The van der Waals surface area contributed by atoms with Crippen LogP contribution in [0.15, 0.2) is 66.7 Å². The van der Waals surface area contributed by atoms with Crippen molar-refractivity contribution < 1.29 is 19.1 Å². The molecule has 0 aromatic heterocycles. The van der Waals surface area contributed by atoms with Crippen LogP contribution in [-0.4, -0.2) is 37.6 Å². The quantitative estimate of drug-likeness (QED) is 0.682. The number of anilines is 1. The zero-order valence-corrected chi connectivity index (χ0v) is 16.8. The summed E-state index contributed by atoms with van der Waals surface area (Å²) in [6.45, 7) is 2.57. The maximum atomic E-state index is 13.0. The average molecular weight is 404 g/mol. The maximum absolute atomic E-state index is 13.0. The van der Waals surface area contributed by atoms with Crippen LogP contribution in [0, 0.1) is 0 Å². The third-order valence-electron chi connectivity index (χ3n) is 5.00. The summed E-state index contributed by atoms with van der Waals surface area (Å²) in [5.74, 6) is 0.687. The SMILES string of the molecule is CCCNC(=O)[C@H]1CN(C(=O)COc2ccc3ccccc3c2)c2ccccc2O1. The summed E-state index contributed by atoms with van der Waals surface area (Å²) < 4.78 is 11.6. The molecule has 1 N–H and O–H groups in total. The van der Waals surface area contributed by atoms with Crippen LogP contribution in [-0.2, 0) is 9.59 Å². The molecule has 3 aromatic rings. The minimum Gasteiger partial charge on any atom is -0.484 e. The molecule has 0 spiro atoms. The highest BCUT2D eigenvalue weighted by atomic mass is 16.5. The summed E-state index contributed by atoms with van der Waals surface area (Å²) in [6.07, 6.45) is 0.0770. The van der Waals surface area contributed by atoms with E-state index in [1.807, 2.05) is 67.6 Å². The molecule has 1 heterocycles.